The third-order valence-electron chi connectivity index (χ3n) is 3.25. The molecule has 0 saturated carbocycles. The summed E-state index contributed by atoms with van der Waals surface area (Å²) >= 11 is 6.66. The van der Waals surface area contributed by atoms with Crippen LogP contribution in [0.1, 0.15) is 31.8 Å². The lowest BCUT2D eigenvalue weighted by Gasteiger charge is -2.19. The molecule has 0 bridgehead atoms. The van der Waals surface area contributed by atoms with Crippen LogP contribution in [0.25, 0.3) is 0 Å². The number of benzene rings is 2. The van der Waals surface area contributed by atoms with Crippen LogP contribution < -0.4 is 4.74 Å². The lowest BCUT2D eigenvalue weighted by molar-refractivity contribution is 0.0978. The van der Waals surface area contributed by atoms with Gasteiger partial charge in [-0.3, -0.25) is 9.59 Å². The maximum atomic E-state index is 12.5. The second kappa shape index (κ2) is 4.82. The maximum absolute atomic E-state index is 12.5. The first-order valence-corrected chi connectivity index (χ1v) is 7.38. The highest BCUT2D eigenvalue weighted by atomic mass is 79.9. The summed E-state index contributed by atoms with van der Waals surface area (Å²) in [5, 5.41) is 0. The van der Waals surface area contributed by atoms with Crippen molar-refractivity contribution in [3.63, 3.8) is 0 Å². The fraction of sp³-hybridized carbons (Fsp3) is 0.0667. The highest BCUT2D eigenvalue weighted by Crippen LogP contribution is 2.35. The number of hydrogen-bond donors (Lipinski definition) is 0. The number of rotatable bonds is 1. The molecule has 2 aromatic carbocycles. The molecule has 0 heterocycles. The summed E-state index contributed by atoms with van der Waals surface area (Å²) in [4.78, 5) is 25.0. The fourth-order valence-corrected chi connectivity index (χ4v) is 3.14. The molecule has 1 aliphatic carbocycles. The van der Waals surface area contributed by atoms with Crippen molar-refractivity contribution in [1.29, 1.82) is 0 Å². The van der Waals surface area contributed by atoms with Gasteiger partial charge in [-0.15, -0.1) is 0 Å². The Balaban J connectivity index is 2.29. The van der Waals surface area contributed by atoms with Crippen molar-refractivity contribution in [3.8, 4) is 5.75 Å². The van der Waals surface area contributed by atoms with Crippen LogP contribution in [0.3, 0.4) is 0 Å². The summed E-state index contributed by atoms with van der Waals surface area (Å²) in [6, 6.07) is 8.34. The van der Waals surface area contributed by atoms with Crippen molar-refractivity contribution >= 4 is 43.4 Å². The lowest BCUT2D eigenvalue weighted by Crippen LogP contribution is -2.21. The molecule has 0 saturated heterocycles. The Kier molecular flexibility index (Phi) is 3.26. The molecule has 0 aromatic heterocycles. The second-order valence-corrected chi connectivity index (χ2v) is 6.15. The Morgan fingerprint density at radius 3 is 2.15 bits per heavy atom. The van der Waals surface area contributed by atoms with Gasteiger partial charge in [-0.25, -0.2) is 0 Å². The number of fused-ring (bicyclic) bond motifs is 2. The molecule has 2 aromatic rings. The van der Waals surface area contributed by atoms with Gasteiger partial charge in [-0.05, 0) is 46.3 Å². The van der Waals surface area contributed by atoms with E-state index < -0.39 is 0 Å². The predicted molar refractivity (Wildman–Crippen MR) is 81.7 cm³/mol. The second-order valence-electron chi connectivity index (χ2n) is 4.38. The minimum atomic E-state index is -0.159. The summed E-state index contributed by atoms with van der Waals surface area (Å²) < 4.78 is 6.61. The van der Waals surface area contributed by atoms with Gasteiger partial charge in [0.15, 0.2) is 11.6 Å². The largest absolute Gasteiger partial charge is 0.496 e. The van der Waals surface area contributed by atoms with Crippen molar-refractivity contribution in [1.82, 2.24) is 0 Å². The summed E-state index contributed by atoms with van der Waals surface area (Å²) in [7, 11) is 1.52. The van der Waals surface area contributed by atoms with Gasteiger partial charge in [0, 0.05) is 26.7 Å². The van der Waals surface area contributed by atoms with E-state index in [0.29, 0.717) is 32.5 Å². The van der Waals surface area contributed by atoms with Gasteiger partial charge in [-0.1, -0.05) is 15.9 Å². The molecular formula is C15H8Br2O3. The monoisotopic (exact) mass is 394 g/mol. The average molecular weight is 396 g/mol. The highest BCUT2D eigenvalue weighted by Gasteiger charge is 2.30. The van der Waals surface area contributed by atoms with Crippen LogP contribution >= 0.6 is 31.9 Å². The van der Waals surface area contributed by atoms with E-state index in [-0.39, 0.29) is 11.6 Å². The molecule has 100 valence electrons. The first-order chi connectivity index (χ1) is 9.52. The van der Waals surface area contributed by atoms with Crippen LogP contribution in [0.4, 0.5) is 0 Å². The van der Waals surface area contributed by atoms with Crippen LogP contribution in [0, 0.1) is 0 Å². The smallest absolute Gasteiger partial charge is 0.194 e. The lowest BCUT2D eigenvalue weighted by atomic mass is 9.84. The number of ketones is 2. The molecule has 20 heavy (non-hydrogen) atoms. The van der Waals surface area contributed by atoms with Crippen molar-refractivity contribution in [2.45, 2.75) is 0 Å². The van der Waals surface area contributed by atoms with Crippen LogP contribution in [0.5, 0.6) is 5.75 Å². The van der Waals surface area contributed by atoms with Gasteiger partial charge in [0.05, 0.1) is 11.6 Å². The molecule has 1 aliphatic rings. The van der Waals surface area contributed by atoms with Crippen LogP contribution in [0.2, 0.25) is 0 Å². The molecule has 0 fully saturated rings. The zero-order chi connectivity index (χ0) is 14.4. The van der Waals surface area contributed by atoms with Gasteiger partial charge in [0.2, 0.25) is 0 Å². The molecule has 0 aliphatic heterocycles. The molecule has 0 atom stereocenters. The van der Waals surface area contributed by atoms with Crippen LogP contribution in [0.15, 0.2) is 39.3 Å². The predicted octanol–water partition coefficient (Wildman–Crippen LogP) is 4.00. The van der Waals surface area contributed by atoms with E-state index in [4.69, 9.17) is 4.74 Å². The molecule has 3 nitrogen and oxygen atoms in total. The molecule has 0 radical (unpaired) electrons. The quantitative estimate of drug-likeness (QED) is 0.625. The minimum Gasteiger partial charge on any atom is -0.496 e. The van der Waals surface area contributed by atoms with Crippen molar-refractivity contribution in [2.24, 2.45) is 0 Å². The van der Waals surface area contributed by atoms with Gasteiger partial charge in [-0.2, -0.15) is 0 Å². The maximum Gasteiger partial charge on any atom is 0.194 e. The van der Waals surface area contributed by atoms with E-state index in [2.05, 4.69) is 31.9 Å². The van der Waals surface area contributed by atoms with Crippen LogP contribution in [-0.4, -0.2) is 18.7 Å². The number of ether oxygens (including phenoxy) is 1. The Labute approximate surface area is 132 Å². The molecule has 0 amide bonds. The first kappa shape index (κ1) is 13.5. The van der Waals surface area contributed by atoms with Crippen molar-refractivity contribution < 1.29 is 14.3 Å². The fourth-order valence-electron chi connectivity index (χ4n) is 2.28. The Bertz CT molecular complexity index is 766. The summed E-state index contributed by atoms with van der Waals surface area (Å²) in [5.41, 5.74) is 1.63. The zero-order valence-electron chi connectivity index (χ0n) is 10.4. The van der Waals surface area contributed by atoms with Gasteiger partial charge >= 0.3 is 0 Å². The number of hydrogen-bond acceptors (Lipinski definition) is 3. The topological polar surface area (TPSA) is 43.4 Å². The van der Waals surface area contributed by atoms with Crippen molar-refractivity contribution in [3.05, 3.63) is 61.5 Å². The zero-order valence-corrected chi connectivity index (χ0v) is 13.5. The van der Waals surface area contributed by atoms with E-state index in [0.717, 1.165) is 4.47 Å². The summed E-state index contributed by atoms with van der Waals surface area (Å²) in [6.07, 6.45) is 0. The van der Waals surface area contributed by atoms with E-state index in [9.17, 15) is 9.59 Å². The first-order valence-electron chi connectivity index (χ1n) is 5.79. The standard InChI is InChI=1S/C15H8Br2O3/c1-20-13-6-11-10(5-12(13)17)15(19)9-4-7(16)2-3-8(9)14(11)18/h2-6H,1H3. The molecule has 0 spiro atoms. The third kappa shape index (κ3) is 1.93. The third-order valence-corrected chi connectivity index (χ3v) is 4.37. The van der Waals surface area contributed by atoms with E-state index in [1.807, 2.05) is 0 Å². The highest BCUT2D eigenvalue weighted by molar-refractivity contribution is 9.10. The van der Waals surface area contributed by atoms with E-state index in [1.54, 1.807) is 30.3 Å². The van der Waals surface area contributed by atoms with E-state index >= 15 is 0 Å². The Morgan fingerprint density at radius 2 is 1.45 bits per heavy atom. The SMILES string of the molecule is COc1cc2c(cc1Br)C(=O)c1cc(Br)ccc1C2=O. The number of halogens is 2. The summed E-state index contributed by atoms with van der Waals surface area (Å²) in [5.74, 6) is 0.220. The number of methoxy groups -OCH3 is 1. The van der Waals surface area contributed by atoms with E-state index in [1.165, 1.54) is 7.11 Å². The van der Waals surface area contributed by atoms with Gasteiger partial charge < -0.3 is 4.74 Å². The Morgan fingerprint density at radius 1 is 0.850 bits per heavy atom. The summed E-state index contributed by atoms with van der Waals surface area (Å²) in [6.45, 7) is 0. The van der Waals surface area contributed by atoms with Gasteiger partial charge in [0.1, 0.15) is 5.75 Å². The molecular weight excluding hydrogens is 388 g/mol. The molecule has 0 N–H and O–H groups in total. The van der Waals surface area contributed by atoms with Crippen molar-refractivity contribution in [2.75, 3.05) is 7.11 Å². The minimum absolute atomic E-state index is 0.153. The van der Waals surface area contributed by atoms with Gasteiger partial charge in [0.25, 0.3) is 0 Å². The normalized spacial score (nSPS) is 12.9. The number of carbonyl (C=O) groups excluding carboxylic acids is 2. The molecule has 5 heteroatoms. The molecule has 3 rings (SSSR count). The van der Waals surface area contributed by atoms with Crippen LogP contribution in [-0.2, 0) is 0 Å². The number of carbonyl (C=O) groups is 2. The molecule has 0 unspecified atom stereocenters. The Hall–Kier alpha value is -1.46. The average Bonchev–Trinajstić information content (AvgIpc) is 2.44.